The van der Waals surface area contributed by atoms with Gasteiger partial charge in [-0.1, -0.05) is 11.6 Å². The van der Waals surface area contributed by atoms with Gasteiger partial charge in [0, 0.05) is 22.5 Å². The van der Waals surface area contributed by atoms with E-state index in [1.54, 1.807) is 0 Å². The zero-order valence-electron chi connectivity index (χ0n) is 13.6. The van der Waals surface area contributed by atoms with E-state index in [2.05, 4.69) is 15.0 Å². The zero-order valence-corrected chi connectivity index (χ0v) is 14.3. The van der Waals surface area contributed by atoms with Gasteiger partial charge in [-0.15, -0.1) is 0 Å². The van der Waals surface area contributed by atoms with Crippen LogP contribution in [0.25, 0.3) is 0 Å². The lowest BCUT2D eigenvalue weighted by Gasteiger charge is -2.09. The van der Waals surface area contributed by atoms with E-state index in [-0.39, 0.29) is 28.5 Å². The quantitative estimate of drug-likeness (QED) is 0.585. The molecule has 0 spiro atoms. The Bertz CT molecular complexity index is 948. The van der Waals surface area contributed by atoms with Crippen LogP contribution >= 0.6 is 11.6 Å². The van der Waals surface area contributed by atoms with Gasteiger partial charge >= 0.3 is 6.18 Å². The van der Waals surface area contributed by atoms with Crippen LogP contribution < -0.4 is 4.74 Å². The van der Waals surface area contributed by atoms with Crippen LogP contribution in [-0.2, 0) is 12.6 Å². The summed E-state index contributed by atoms with van der Waals surface area (Å²) in [5.74, 6) is 0.308. The Labute approximate surface area is 156 Å². The largest absolute Gasteiger partial charge is 0.454 e. The first-order chi connectivity index (χ1) is 12.8. The molecule has 0 aliphatic carbocycles. The summed E-state index contributed by atoms with van der Waals surface area (Å²) in [6.45, 7) is 0. The lowest BCUT2D eigenvalue weighted by molar-refractivity contribution is -0.137. The number of ketones is 1. The summed E-state index contributed by atoms with van der Waals surface area (Å²) in [7, 11) is 0. The fourth-order valence-electron chi connectivity index (χ4n) is 2.22. The van der Waals surface area contributed by atoms with Gasteiger partial charge in [0.05, 0.1) is 24.4 Å². The van der Waals surface area contributed by atoms with Gasteiger partial charge in [0.1, 0.15) is 12.1 Å². The summed E-state index contributed by atoms with van der Waals surface area (Å²) in [4.78, 5) is 23.8. The van der Waals surface area contributed by atoms with Gasteiger partial charge < -0.3 is 4.74 Å². The molecule has 5 nitrogen and oxygen atoms in total. The number of hydrogen-bond donors (Lipinski definition) is 0. The number of ether oxygens (including phenoxy) is 1. The molecule has 0 fully saturated rings. The minimum Gasteiger partial charge on any atom is -0.454 e. The highest BCUT2D eigenvalue weighted by Gasteiger charge is 2.30. The Balaban J connectivity index is 1.76. The monoisotopic (exact) mass is 393 g/mol. The molecule has 9 heteroatoms. The highest BCUT2D eigenvalue weighted by atomic mass is 35.5. The van der Waals surface area contributed by atoms with Crippen LogP contribution in [0.2, 0.25) is 5.02 Å². The summed E-state index contributed by atoms with van der Waals surface area (Å²) in [6.07, 6.45) is 0.284. The zero-order chi connectivity index (χ0) is 19.4. The SMILES string of the molecule is O=C(Cc1ccc(C(F)(F)F)cn1)c1cc(Cl)cc(Oc2cncnc2)c1. The van der Waals surface area contributed by atoms with Gasteiger partial charge in [0.2, 0.25) is 0 Å². The molecule has 2 heterocycles. The Hall–Kier alpha value is -3.00. The normalized spacial score (nSPS) is 11.3. The van der Waals surface area contributed by atoms with Gasteiger partial charge in [0.25, 0.3) is 0 Å². The number of alkyl halides is 3. The number of pyridine rings is 1. The van der Waals surface area contributed by atoms with Crippen LogP contribution in [-0.4, -0.2) is 20.7 Å². The molecule has 0 N–H and O–H groups in total. The molecule has 0 aliphatic rings. The lowest BCUT2D eigenvalue weighted by atomic mass is 10.1. The third-order valence-corrected chi connectivity index (χ3v) is 3.68. The van der Waals surface area contributed by atoms with Crippen LogP contribution in [0.5, 0.6) is 11.5 Å². The lowest BCUT2D eigenvalue weighted by Crippen LogP contribution is -2.08. The number of nitrogens with zero attached hydrogens (tertiary/aromatic N) is 3. The molecule has 1 aromatic carbocycles. The molecule has 0 bridgehead atoms. The predicted molar refractivity (Wildman–Crippen MR) is 90.8 cm³/mol. The first-order valence-corrected chi connectivity index (χ1v) is 7.98. The maximum atomic E-state index is 12.6. The minimum absolute atomic E-state index is 0.174. The molecule has 3 aromatic rings. The first kappa shape index (κ1) is 18.8. The van der Waals surface area contributed by atoms with Crippen molar-refractivity contribution >= 4 is 17.4 Å². The number of carbonyl (C=O) groups excluding carboxylic acids is 1. The van der Waals surface area contributed by atoms with Crippen molar-refractivity contribution in [3.8, 4) is 11.5 Å². The molecule has 27 heavy (non-hydrogen) atoms. The number of Topliss-reactive ketones (excluding diaryl/α,β-unsaturated/α-hetero) is 1. The second-order valence-corrected chi connectivity index (χ2v) is 5.92. The van der Waals surface area contributed by atoms with E-state index < -0.39 is 11.7 Å². The standard InChI is InChI=1S/C18H11ClF3N3O2/c19-13-3-11(4-15(5-13)27-16-8-23-10-24-9-16)17(26)6-14-2-1-12(7-25-14)18(20,21)22/h1-5,7-10H,6H2. The average molecular weight is 394 g/mol. The molecule has 0 amide bonds. The van der Waals surface area contributed by atoms with Crippen LogP contribution in [0, 0.1) is 0 Å². The average Bonchev–Trinajstić information content (AvgIpc) is 2.62. The van der Waals surface area contributed by atoms with E-state index in [1.807, 2.05) is 0 Å². The van der Waals surface area contributed by atoms with Crippen molar-refractivity contribution in [3.05, 3.63) is 77.1 Å². The van der Waals surface area contributed by atoms with Crippen LogP contribution in [0.15, 0.2) is 55.2 Å². The number of hydrogen-bond acceptors (Lipinski definition) is 5. The molecule has 2 aromatic heterocycles. The van der Waals surface area contributed by atoms with Crippen molar-refractivity contribution < 1.29 is 22.7 Å². The van der Waals surface area contributed by atoms with Crippen LogP contribution in [0.1, 0.15) is 21.6 Å². The third kappa shape index (κ3) is 5.01. The van der Waals surface area contributed by atoms with E-state index in [0.717, 1.165) is 6.07 Å². The van der Waals surface area contributed by atoms with Crippen molar-refractivity contribution in [3.63, 3.8) is 0 Å². The van der Waals surface area contributed by atoms with Crippen LogP contribution in [0.4, 0.5) is 13.2 Å². The number of halogens is 4. The topological polar surface area (TPSA) is 65.0 Å². The molecule has 0 unspecified atom stereocenters. The predicted octanol–water partition coefficient (Wildman–Crippen LogP) is 4.76. The van der Waals surface area contributed by atoms with Crippen molar-refractivity contribution in [1.29, 1.82) is 0 Å². The van der Waals surface area contributed by atoms with Crippen LogP contribution in [0.3, 0.4) is 0 Å². The minimum atomic E-state index is -4.48. The number of carbonyl (C=O) groups is 1. The summed E-state index contributed by atoms with van der Waals surface area (Å²) in [5, 5.41) is 0.271. The maximum absolute atomic E-state index is 12.6. The molecule has 0 saturated heterocycles. The molecular weight excluding hydrogens is 383 g/mol. The van der Waals surface area contributed by atoms with Gasteiger partial charge in [-0.05, 0) is 30.3 Å². The van der Waals surface area contributed by atoms with Gasteiger partial charge in [-0.3, -0.25) is 9.78 Å². The van der Waals surface area contributed by atoms with Gasteiger partial charge in [-0.25, -0.2) is 9.97 Å². The highest BCUT2D eigenvalue weighted by molar-refractivity contribution is 6.31. The second-order valence-electron chi connectivity index (χ2n) is 5.49. The molecule has 0 radical (unpaired) electrons. The van der Waals surface area contributed by atoms with Crippen molar-refractivity contribution in [2.45, 2.75) is 12.6 Å². The maximum Gasteiger partial charge on any atom is 0.417 e. The molecule has 3 rings (SSSR count). The number of rotatable bonds is 5. The highest BCUT2D eigenvalue weighted by Crippen LogP contribution is 2.29. The first-order valence-electron chi connectivity index (χ1n) is 7.60. The van der Waals surface area contributed by atoms with Crippen molar-refractivity contribution in [2.75, 3.05) is 0 Å². The Kier molecular flexibility index (Phi) is 5.36. The number of aromatic nitrogens is 3. The van der Waals surface area contributed by atoms with Gasteiger partial charge in [0.15, 0.2) is 11.5 Å². The summed E-state index contributed by atoms with van der Waals surface area (Å²) in [6, 6.07) is 6.50. The van der Waals surface area contributed by atoms with E-state index in [1.165, 1.54) is 43.0 Å². The Morgan fingerprint density at radius 2 is 1.78 bits per heavy atom. The fraction of sp³-hybridized carbons (Fsp3) is 0.111. The number of benzene rings is 1. The smallest absolute Gasteiger partial charge is 0.417 e. The third-order valence-electron chi connectivity index (χ3n) is 3.46. The molecule has 0 atom stereocenters. The summed E-state index contributed by atoms with van der Waals surface area (Å²) >= 11 is 6.03. The van der Waals surface area contributed by atoms with Crippen molar-refractivity contribution in [2.24, 2.45) is 0 Å². The van der Waals surface area contributed by atoms with E-state index in [0.29, 0.717) is 17.7 Å². The molecule has 138 valence electrons. The molecule has 0 saturated carbocycles. The van der Waals surface area contributed by atoms with E-state index in [4.69, 9.17) is 16.3 Å². The Morgan fingerprint density at radius 3 is 2.41 bits per heavy atom. The van der Waals surface area contributed by atoms with Gasteiger partial charge in [-0.2, -0.15) is 13.2 Å². The van der Waals surface area contributed by atoms with Crippen molar-refractivity contribution in [1.82, 2.24) is 15.0 Å². The molecular formula is C18H11ClF3N3O2. The Morgan fingerprint density at radius 1 is 1.04 bits per heavy atom. The fourth-order valence-corrected chi connectivity index (χ4v) is 2.45. The summed E-state index contributed by atoms with van der Waals surface area (Å²) < 4.78 is 43.3. The molecule has 0 aliphatic heterocycles. The summed E-state index contributed by atoms with van der Waals surface area (Å²) in [5.41, 5.74) is -0.412. The van der Waals surface area contributed by atoms with E-state index >= 15 is 0 Å². The second kappa shape index (κ2) is 7.71. The van der Waals surface area contributed by atoms with E-state index in [9.17, 15) is 18.0 Å².